The van der Waals surface area contributed by atoms with Crippen molar-refractivity contribution in [3.8, 4) is 17.2 Å². The third kappa shape index (κ3) is 0.948. The number of phenols is 1. The van der Waals surface area contributed by atoms with Crippen molar-refractivity contribution in [2.24, 2.45) is 0 Å². The second-order valence-corrected chi connectivity index (χ2v) is 3.42. The number of benzene rings is 1. The molecule has 0 amide bonds. The predicted molar refractivity (Wildman–Crippen MR) is 46.7 cm³/mol. The second-order valence-electron chi connectivity index (χ2n) is 2.57. The average molecular weight is 231 g/mol. The molecule has 0 unspecified atom stereocenters. The summed E-state index contributed by atoms with van der Waals surface area (Å²) in [5, 5.41) is 9.49. The van der Waals surface area contributed by atoms with Crippen molar-refractivity contribution in [2.45, 2.75) is 6.92 Å². The van der Waals surface area contributed by atoms with Crippen molar-refractivity contribution in [1.29, 1.82) is 0 Å². The minimum Gasteiger partial charge on any atom is -0.506 e. The number of phenolic OH excluding ortho intramolecular Hbond substituents is 1. The van der Waals surface area contributed by atoms with Gasteiger partial charge in [-0.1, -0.05) is 0 Å². The van der Waals surface area contributed by atoms with Gasteiger partial charge in [-0.25, -0.2) is 0 Å². The highest BCUT2D eigenvalue weighted by molar-refractivity contribution is 9.10. The Labute approximate surface area is 78.0 Å². The molecule has 0 aromatic heterocycles. The number of fused-ring (bicyclic) bond motifs is 1. The van der Waals surface area contributed by atoms with E-state index in [1.54, 1.807) is 13.0 Å². The Balaban J connectivity index is 2.67. The topological polar surface area (TPSA) is 38.7 Å². The molecule has 0 bridgehead atoms. The highest BCUT2D eigenvalue weighted by atomic mass is 79.9. The molecule has 64 valence electrons. The Morgan fingerprint density at radius 1 is 1.50 bits per heavy atom. The molecule has 1 N–H and O–H groups in total. The van der Waals surface area contributed by atoms with E-state index in [1.807, 2.05) is 0 Å². The van der Waals surface area contributed by atoms with Crippen molar-refractivity contribution in [1.82, 2.24) is 0 Å². The summed E-state index contributed by atoms with van der Waals surface area (Å²) in [6.07, 6.45) is 0. The maximum absolute atomic E-state index is 9.49. The number of hydrogen-bond acceptors (Lipinski definition) is 3. The highest BCUT2D eigenvalue weighted by Gasteiger charge is 2.20. The summed E-state index contributed by atoms with van der Waals surface area (Å²) in [4.78, 5) is 0. The summed E-state index contributed by atoms with van der Waals surface area (Å²) in [6, 6.07) is 1.70. The fraction of sp³-hybridized carbons (Fsp3) is 0.250. The molecule has 1 aliphatic heterocycles. The van der Waals surface area contributed by atoms with E-state index < -0.39 is 0 Å². The maximum Gasteiger partial charge on any atom is 0.231 e. The molecule has 0 saturated heterocycles. The van der Waals surface area contributed by atoms with Crippen LogP contribution in [0.25, 0.3) is 0 Å². The van der Waals surface area contributed by atoms with E-state index in [2.05, 4.69) is 15.9 Å². The van der Waals surface area contributed by atoms with Crippen LogP contribution < -0.4 is 9.47 Å². The van der Waals surface area contributed by atoms with E-state index in [0.29, 0.717) is 21.5 Å². The van der Waals surface area contributed by atoms with Crippen molar-refractivity contribution >= 4 is 15.9 Å². The molecule has 0 atom stereocenters. The van der Waals surface area contributed by atoms with E-state index in [4.69, 9.17) is 9.47 Å². The fourth-order valence-electron chi connectivity index (χ4n) is 1.16. The van der Waals surface area contributed by atoms with Gasteiger partial charge in [0.25, 0.3) is 0 Å². The van der Waals surface area contributed by atoms with Gasteiger partial charge in [0, 0.05) is 11.6 Å². The fourth-order valence-corrected chi connectivity index (χ4v) is 1.66. The van der Waals surface area contributed by atoms with Gasteiger partial charge in [-0.2, -0.15) is 0 Å². The van der Waals surface area contributed by atoms with Crippen LogP contribution in [0, 0.1) is 6.92 Å². The van der Waals surface area contributed by atoms with E-state index in [9.17, 15) is 5.11 Å². The van der Waals surface area contributed by atoms with Gasteiger partial charge in [0.15, 0.2) is 11.5 Å². The smallest absolute Gasteiger partial charge is 0.231 e. The molecule has 2 rings (SSSR count). The van der Waals surface area contributed by atoms with Gasteiger partial charge < -0.3 is 14.6 Å². The molecule has 0 spiro atoms. The number of halogens is 1. The lowest BCUT2D eigenvalue weighted by atomic mass is 10.2. The monoisotopic (exact) mass is 230 g/mol. The summed E-state index contributed by atoms with van der Waals surface area (Å²) in [5.74, 6) is 1.52. The van der Waals surface area contributed by atoms with E-state index in [-0.39, 0.29) is 12.5 Å². The number of rotatable bonds is 0. The minimum absolute atomic E-state index is 0.208. The Bertz CT molecular complexity index is 336. The predicted octanol–water partition coefficient (Wildman–Crippen LogP) is 2.19. The molecule has 1 aromatic carbocycles. The van der Waals surface area contributed by atoms with Gasteiger partial charge in [0.2, 0.25) is 6.79 Å². The number of ether oxygens (including phenoxy) is 2. The largest absolute Gasteiger partial charge is 0.506 e. The van der Waals surface area contributed by atoms with Crippen molar-refractivity contribution in [2.75, 3.05) is 6.79 Å². The molecule has 3 nitrogen and oxygen atoms in total. The first-order valence-corrected chi connectivity index (χ1v) is 4.27. The van der Waals surface area contributed by atoms with Gasteiger partial charge in [0.1, 0.15) is 5.75 Å². The zero-order chi connectivity index (χ0) is 8.72. The van der Waals surface area contributed by atoms with Crippen LogP contribution in [0.3, 0.4) is 0 Å². The second kappa shape index (κ2) is 2.55. The molecular formula is C8H7BrO3. The lowest BCUT2D eigenvalue weighted by Crippen LogP contribution is -1.93. The number of aromatic hydroxyl groups is 1. The van der Waals surface area contributed by atoms with Crippen LogP contribution in [0.2, 0.25) is 0 Å². The van der Waals surface area contributed by atoms with Crippen LogP contribution >= 0.6 is 15.9 Å². The van der Waals surface area contributed by atoms with Crippen LogP contribution in [0.5, 0.6) is 17.2 Å². The Morgan fingerprint density at radius 3 is 3.00 bits per heavy atom. The first-order valence-electron chi connectivity index (χ1n) is 3.48. The molecule has 0 saturated carbocycles. The summed E-state index contributed by atoms with van der Waals surface area (Å²) in [6.45, 7) is 2.01. The quantitative estimate of drug-likeness (QED) is 0.743. The Kier molecular flexibility index (Phi) is 1.65. The van der Waals surface area contributed by atoms with Gasteiger partial charge in [-0.3, -0.25) is 0 Å². The van der Waals surface area contributed by atoms with Crippen molar-refractivity contribution < 1.29 is 14.6 Å². The van der Waals surface area contributed by atoms with Crippen LogP contribution in [0.1, 0.15) is 5.56 Å². The lowest BCUT2D eigenvalue weighted by Gasteiger charge is -2.04. The third-order valence-corrected chi connectivity index (χ3v) is 2.43. The molecule has 0 aliphatic carbocycles. The number of hydrogen-bond donors (Lipinski definition) is 1. The lowest BCUT2D eigenvalue weighted by molar-refractivity contribution is 0.173. The molecule has 0 fully saturated rings. The molecule has 0 radical (unpaired) electrons. The van der Waals surface area contributed by atoms with Crippen LogP contribution in [0.15, 0.2) is 10.5 Å². The van der Waals surface area contributed by atoms with E-state index in [1.165, 1.54) is 0 Å². The molecule has 1 aromatic rings. The first kappa shape index (κ1) is 7.73. The average Bonchev–Trinajstić information content (AvgIpc) is 2.48. The Morgan fingerprint density at radius 2 is 2.25 bits per heavy atom. The van der Waals surface area contributed by atoms with Crippen LogP contribution in [0.4, 0.5) is 0 Å². The summed E-state index contributed by atoms with van der Waals surface area (Å²) < 4.78 is 10.9. The molecular weight excluding hydrogens is 224 g/mol. The third-order valence-electron chi connectivity index (χ3n) is 1.82. The van der Waals surface area contributed by atoms with Gasteiger partial charge in [0.05, 0.1) is 4.47 Å². The molecule has 1 aliphatic rings. The minimum atomic E-state index is 0.208. The SMILES string of the molecule is Cc1c(O)c(Br)cc2c1OCO2. The van der Waals surface area contributed by atoms with Gasteiger partial charge in [-0.15, -0.1) is 0 Å². The van der Waals surface area contributed by atoms with Crippen molar-refractivity contribution in [3.05, 3.63) is 16.1 Å². The summed E-state index contributed by atoms with van der Waals surface area (Å²) in [7, 11) is 0. The van der Waals surface area contributed by atoms with Crippen LogP contribution in [-0.2, 0) is 0 Å². The van der Waals surface area contributed by atoms with Gasteiger partial charge in [-0.05, 0) is 22.9 Å². The summed E-state index contributed by atoms with van der Waals surface area (Å²) >= 11 is 3.21. The zero-order valence-electron chi connectivity index (χ0n) is 6.43. The normalized spacial score (nSPS) is 13.5. The van der Waals surface area contributed by atoms with Crippen molar-refractivity contribution in [3.63, 3.8) is 0 Å². The van der Waals surface area contributed by atoms with E-state index in [0.717, 1.165) is 0 Å². The van der Waals surface area contributed by atoms with Crippen LogP contribution in [-0.4, -0.2) is 11.9 Å². The maximum atomic E-state index is 9.49. The Hall–Kier alpha value is -0.900. The highest BCUT2D eigenvalue weighted by Crippen LogP contribution is 2.43. The van der Waals surface area contributed by atoms with E-state index >= 15 is 0 Å². The first-order chi connectivity index (χ1) is 5.70. The molecule has 4 heteroatoms. The zero-order valence-corrected chi connectivity index (χ0v) is 8.01. The molecule has 1 heterocycles. The standard InChI is InChI=1S/C8H7BrO3/c1-4-7(10)5(9)2-6-8(4)12-3-11-6/h2,10H,3H2,1H3. The van der Waals surface area contributed by atoms with Gasteiger partial charge >= 0.3 is 0 Å². The summed E-state index contributed by atoms with van der Waals surface area (Å²) in [5.41, 5.74) is 0.705. The molecule has 12 heavy (non-hydrogen) atoms.